The Morgan fingerprint density at radius 1 is 1.05 bits per heavy atom. The Bertz CT molecular complexity index is 672. The molecule has 108 valence electrons. The van der Waals surface area contributed by atoms with E-state index in [2.05, 4.69) is 0 Å². The van der Waals surface area contributed by atoms with Crippen LogP contribution in [0, 0.1) is 6.92 Å². The molecule has 0 spiro atoms. The molecule has 0 amide bonds. The van der Waals surface area contributed by atoms with Crippen molar-refractivity contribution >= 4 is 11.8 Å². The van der Waals surface area contributed by atoms with Crippen molar-refractivity contribution in [2.24, 2.45) is 0 Å². The van der Waals surface area contributed by atoms with Crippen LogP contribution in [0.3, 0.4) is 0 Å². The number of Topliss-reactive ketones (excluding diaryl/α,β-unsaturated/α-hetero) is 1. The van der Waals surface area contributed by atoms with E-state index in [4.69, 9.17) is 9.84 Å². The number of carboxylic acid groups (broad SMARTS) is 1. The predicted molar refractivity (Wildman–Crippen MR) is 79.3 cm³/mol. The highest BCUT2D eigenvalue weighted by Gasteiger charge is 2.09. The fourth-order valence-electron chi connectivity index (χ4n) is 1.88. The van der Waals surface area contributed by atoms with Crippen molar-refractivity contribution in [2.75, 3.05) is 0 Å². The Morgan fingerprint density at radius 2 is 1.67 bits per heavy atom. The Kier molecular flexibility index (Phi) is 4.38. The fourth-order valence-corrected chi connectivity index (χ4v) is 1.88. The number of hydrogen-bond acceptors (Lipinski definition) is 3. The standard InChI is InChI=1S/C17H16O4/c1-3-15(18)12-6-8-14(9-7-12)21-16-10-13(17(19)20)5-4-11(16)2/h4-10H,3H2,1-2H3,(H,19,20). The van der Waals surface area contributed by atoms with E-state index in [1.807, 2.05) is 13.8 Å². The van der Waals surface area contributed by atoms with Crippen LogP contribution in [0.25, 0.3) is 0 Å². The van der Waals surface area contributed by atoms with Gasteiger partial charge in [-0.1, -0.05) is 13.0 Å². The summed E-state index contributed by atoms with van der Waals surface area (Å²) in [7, 11) is 0. The highest BCUT2D eigenvalue weighted by atomic mass is 16.5. The first-order valence-electron chi connectivity index (χ1n) is 6.66. The number of hydrogen-bond donors (Lipinski definition) is 1. The number of carbonyl (C=O) groups is 2. The molecular weight excluding hydrogens is 268 g/mol. The number of benzene rings is 2. The lowest BCUT2D eigenvalue weighted by Gasteiger charge is -2.10. The molecular formula is C17H16O4. The van der Waals surface area contributed by atoms with Crippen molar-refractivity contribution in [3.05, 3.63) is 59.2 Å². The van der Waals surface area contributed by atoms with E-state index in [0.29, 0.717) is 23.5 Å². The molecule has 4 nitrogen and oxygen atoms in total. The minimum atomic E-state index is -0.997. The van der Waals surface area contributed by atoms with Crippen LogP contribution in [-0.4, -0.2) is 16.9 Å². The summed E-state index contributed by atoms with van der Waals surface area (Å²) in [6, 6.07) is 11.5. The van der Waals surface area contributed by atoms with Crippen LogP contribution in [0.2, 0.25) is 0 Å². The summed E-state index contributed by atoms with van der Waals surface area (Å²) in [6.07, 6.45) is 0.458. The molecule has 0 saturated carbocycles. The molecule has 0 atom stereocenters. The van der Waals surface area contributed by atoms with Crippen LogP contribution < -0.4 is 4.74 Å². The predicted octanol–water partition coefficient (Wildman–Crippen LogP) is 4.08. The van der Waals surface area contributed by atoms with Gasteiger partial charge in [0.05, 0.1) is 5.56 Å². The molecule has 0 aliphatic heterocycles. The van der Waals surface area contributed by atoms with E-state index in [-0.39, 0.29) is 11.3 Å². The molecule has 1 N–H and O–H groups in total. The number of aryl methyl sites for hydroxylation is 1. The second-order valence-corrected chi connectivity index (χ2v) is 4.69. The molecule has 0 heterocycles. The Hall–Kier alpha value is -2.62. The van der Waals surface area contributed by atoms with E-state index in [1.54, 1.807) is 30.3 Å². The van der Waals surface area contributed by atoms with Crippen LogP contribution in [-0.2, 0) is 0 Å². The summed E-state index contributed by atoms with van der Waals surface area (Å²) in [6.45, 7) is 3.66. The molecule has 0 aliphatic carbocycles. The molecule has 0 radical (unpaired) electrons. The van der Waals surface area contributed by atoms with Gasteiger partial charge in [0.15, 0.2) is 5.78 Å². The third kappa shape index (κ3) is 3.48. The van der Waals surface area contributed by atoms with Crippen LogP contribution in [0.5, 0.6) is 11.5 Å². The molecule has 2 aromatic carbocycles. The molecule has 0 bridgehead atoms. The van der Waals surface area contributed by atoms with Gasteiger partial charge < -0.3 is 9.84 Å². The van der Waals surface area contributed by atoms with Gasteiger partial charge in [0, 0.05) is 12.0 Å². The van der Waals surface area contributed by atoms with Crippen molar-refractivity contribution in [3.63, 3.8) is 0 Å². The number of carboxylic acids is 1. The lowest BCUT2D eigenvalue weighted by atomic mass is 10.1. The van der Waals surface area contributed by atoms with E-state index in [9.17, 15) is 9.59 Å². The third-order valence-electron chi connectivity index (χ3n) is 3.16. The van der Waals surface area contributed by atoms with Crippen LogP contribution >= 0.6 is 0 Å². The highest BCUT2D eigenvalue weighted by Crippen LogP contribution is 2.26. The van der Waals surface area contributed by atoms with Crippen molar-refractivity contribution < 1.29 is 19.4 Å². The van der Waals surface area contributed by atoms with Crippen LogP contribution in [0.15, 0.2) is 42.5 Å². The van der Waals surface area contributed by atoms with Gasteiger partial charge in [0.1, 0.15) is 11.5 Å². The van der Waals surface area contributed by atoms with Crippen molar-refractivity contribution in [1.29, 1.82) is 0 Å². The molecule has 0 fully saturated rings. The largest absolute Gasteiger partial charge is 0.478 e. The Labute approximate surface area is 123 Å². The van der Waals surface area contributed by atoms with Crippen molar-refractivity contribution in [1.82, 2.24) is 0 Å². The Balaban J connectivity index is 2.23. The number of rotatable bonds is 5. The highest BCUT2D eigenvalue weighted by molar-refractivity contribution is 5.95. The van der Waals surface area contributed by atoms with Gasteiger partial charge in [-0.15, -0.1) is 0 Å². The molecule has 2 rings (SSSR count). The molecule has 0 aromatic heterocycles. The van der Waals surface area contributed by atoms with E-state index in [0.717, 1.165) is 5.56 Å². The minimum absolute atomic E-state index is 0.0746. The molecule has 0 aliphatic rings. The normalized spacial score (nSPS) is 10.2. The number of carbonyl (C=O) groups excluding carboxylic acids is 1. The lowest BCUT2D eigenvalue weighted by molar-refractivity contribution is 0.0696. The molecule has 21 heavy (non-hydrogen) atoms. The first-order chi connectivity index (χ1) is 10.0. The average molecular weight is 284 g/mol. The summed E-state index contributed by atoms with van der Waals surface area (Å²) in [5.41, 5.74) is 1.66. The topological polar surface area (TPSA) is 63.6 Å². The average Bonchev–Trinajstić information content (AvgIpc) is 2.49. The van der Waals surface area contributed by atoms with Crippen LogP contribution in [0.1, 0.15) is 39.6 Å². The first kappa shape index (κ1) is 14.8. The molecule has 4 heteroatoms. The van der Waals surface area contributed by atoms with Gasteiger partial charge in [-0.3, -0.25) is 4.79 Å². The summed E-state index contributed by atoms with van der Waals surface area (Å²) in [5.74, 6) is 0.132. The minimum Gasteiger partial charge on any atom is -0.478 e. The fraction of sp³-hybridized carbons (Fsp3) is 0.176. The zero-order valence-electron chi connectivity index (χ0n) is 11.9. The maximum Gasteiger partial charge on any atom is 0.335 e. The van der Waals surface area contributed by atoms with Gasteiger partial charge in [0.2, 0.25) is 0 Å². The second-order valence-electron chi connectivity index (χ2n) is 4.69. The molecule has 0 saturated heterocycles. The van der Waals surface area contributed by atoms with Gasteiger partial charge in [-0.2, -0.15) is 0 Å². The van der Waals surface area contributed by atoms with Gasteiger partial charge in [-0.05, 0) is 48.9 Å². The summed E-state index contributed by atoms with van der Waals surface area (Å²) in [4.78, 5) is 22.5. The summed E-state index contributed by atoms with van der Waals surface area (Å²) >= 11 is 0. The van der Waals surface area contributed by atoms with E-state index >= 15 is 0 Å². The van der Waals surface area contributed by atoms with Crippen molar-refractivity contribution in [2.45, 2.75) is 20.3 Å². The quantitative estimate of drug-likeness (QED) is 0.840. The van der Waals surface area contributed by atoms with Crippen molar-refractivity contribution in [3.8, 4) is 11.5 Å². The lowest BCUT2D eigenvalue weighted by Crippen LogP contribution is -1.98. The maximum atomic E-state index is 11.6. The zero-order valence-corrected chi connectivity index (χ0v) is 11.9. The van der Waals surface area contributed by atoms with E-state index < -0.39 is 5.97 Å². The molecule has 2 aromatic rings. The second kappa shape index (κ2) is 6.22. The maximum absolute atomic E-state index is 11.6. The van der Waals surface area contributed by atoms with Crippen LogP contribution in [0.4, 0.5) is 0 Å². The van der Waals surface area contributed by atoms with Gasteiger partial charge in [0.25, 0.3) is 0 Å². The SMILES string of the molecule is CCC(=O)c1ccc(Oc2cc(C(=O)O)ccc2C)cc1. The van der Waals surface area contributed by atoms with E-state index in [1.165, 1.54) is 12.1 Å². The monoisotopic (exact) mass is 284 g/mol. The Morgan fingerprint density at radius 3 is 2.24 bits per heavy atom. The zero-order chi connectivity index (χ0) is 15.4. The van der Waals surface area contributed by atoms with Gasteiger partial charge in [-0.25, -0.2) is 4.79 Å². The van der Waals surface area contributed by atoms with Gasteiger partial charge >= 0.3 is 5.97 Å². The number of ketones is 1. The molecule has 0 unspecified atom stereocenters. The number of aromatic carboxylic acids is 1. The number of ether oxygens (including phenoxy) is 1. The summed E-state index contributed by atoms with van der Waals surface area (Å²) < 4.78 is 5.69. The summed E-state index contributed by atoms with van der Waals surface area (Å²) in [5, 5.41) is 9.00. The first-order valence-corrected chi connectivity index (χ1v) is 6.66. The third-order valence-corrected chi connectivity index (χ3v) is 3.16. The smallest absolute Gasteiger partial charge is 0.335 e.